The molecule has 1 rings (SSSR count). The lowest BCUT2D eigenvalue weighted by Gasteiger charge is -2.02. The van der Waals surface area contributed by atoms with Crippen molar-refractivity contribution in [1.82, 2.24) is 15.3 Å². The maximum absolute atomic E-state index is 11.1. The van der Waals surface area contributed by atoms with Crippen molar-refractivity contribution in [2.24, 2.45) is 0 Å². The van der Waals surface area contributed by atoms with Crippen LogP contribution in [0.3, 0.4) is 0 Å². The van der Waals surface area contributed by atoms with Crippen molar-refractivity contribution < 1.29 is 4.21 Å². The van der Waals surface area contributed by atoms with Crippen LogP contribution in [0.5, 0.6) is 0 Å². The van der Waals surface area contributed by atoms with E-state index >= 15 is 0 Å². The summed E-state index contributed by atoms with van der Waals surface area (Å²) in [6, 6.07) is 0. The second kappa shape index (κ2) is 5.93. The predicted octanol–water partition coefficient (Wildman–Crippen LogP) is 0.576. The molecule has 80 valence electrons. The van der Waals surface area contributed by atoms with Crippen LogP contribution in [-0.4, -0.2) is 32.2 Å². The van der Waals surface area contributed by atoms with Crippen LogP contribution in [0.1, 0.15) is 18.3 Å². The topological polar surface area (TPSA) is 57.8 Å². The minimum atomic E-state index is -0.671. The molecule has 0 aliphatic carbocycles. The van der Waals surface area contributed by atoms with E-state index in [2.05, 4.69) is 15.3 Å². The molecule has 0 amide bonds. The van der Waals surface area contributed by atoms with E-state index in [1.165, 1.54) is 0 Å². The fourth-order valence-corrected chi connectivity index (χ4v) is 1.76. The molecule has 14 heavy (non-hydrogen) atoms. The number of nitrogens with one attached hydrogen (secondary N) is 2. The van der Waals surface area contributed by atoms with Gasteiger partial charge < -0.3 is 10.3 Å². The van der Waals surface area contributed by atoms with Crippen LogP contribution in [0.2, 0.25) is 0 Å². The van der Waals surface area contributed by atoms with E-state index in [0.29, 0.717) is 0 Å². The van der Waals surface area contributed by atoms with Gasteiger partial charge in [-0.2, -0.15) is 0 Å². The first kappa shape index (κ1) is 11.4. The molecule has 1 aromatic rings. The highest BCUT2D eigenvalue weighted by atomic mass is 32.2. The number of imidazole rings is 1. The maximum atomic E-state index is 11.1. The lowest BCUT2D eigenvalue weighted by Crippen LogP contribution is -2.21. The summed E-state index contributed by atoms with van der Waals surface area (Å²) in [6.07, 6.45) is 1.69. The maximum Gasteiger partial charge on any atom is 0.0925 e. The highest BCUT2D eigenvalue weighted by Crippen LogP contribution is 1.98. The Labute approximate surface area is 87.0 Å². The monoisotopic (exact) mass is 215 g/mol. The number of hydrogen-bond acceptors (Lipinski definition) is 3. The third-order valence-corrected chi connectivity index (χ3v) is 3.36. The quantitative estimate of drug-likeness (QED) is 0.682. The number of aromatic nitrogens is 2. The number of H-pyrrole nitrogens is 1. The Morgan fingerprint density at radius 1 is 1.64 bits per heavy atom. The predicted molar refractivity (Wildman–Crippen MR) is 58.6 cm³/mol. The zero-order valence-corrected chi connectivity index (χ0v) is 9.49. The summed E-state index contributed by atoms with van der Waals surface area (Å²) in [5, 5.41) is 3.22. The van der Waals surface area contributed by atoms with Crippen LogP contribution in [0.25, 0.3) is 0 Å². The highest BCUT2D eigenvalue weighted by molar-refractivity contribution is 7.84. The number of nitrogens with zero attached hydrogens (tertiary/aromatic N) is 1. The molecule has 0 bridgehead atoms. The Hall–Kier alpha value is -0.680. The van der Waals surface area contributed by atoms with Gasteiger partial charge in [0.1, 0.15) is 0 Å². The van der Waals surface area contributed by atoms with Gasteiger partial charge in [0, 0.05) is 41.1 Å². The normalized spacial score (nSPS) is 13.0. The van der Waals surface area contributed by atoms with Gasteiger partial charge in [-0.05, 0) is 6.92 Å². The Kier molecular flexibility index (Phi) is 4.82. The summed E-state index contributed by atoms with van der Waals surface area (Å²) in [6.45, 7) is 5.46. The second-order valence-electron chi connectivity index (χ2n) is 3.08. The minimum absolute atomic E-state index is 0.671. The van der Waals surface area contributed by atoms with Crippen LogP contribution in [0.15, 0.2) is 6.33 Å². The molecule has 0 spiro atoms. The second-order valence-corrected chi connectivity index (χ2v) is 4.95. The minimum Gasteiger partial charge on any atom is -0.348 e. The summed E-state index contributed by atoms with van der Waals surface area (Å²) >= 11 is 0. The molecular weight excluding hydrogens is 198 g/mol. The first-order valence-electron chi connectivity index (χ1n) is 4.78. The lowest BCUT2D eigenvalue weighted by atomic mass is 10.3. The number of aromatic amines is 1. The van der Waals surface area contributed by atoms with Crippen LogP contribution in [0.4, 0.5) is 0 Å². The van der Waals surface area contributed by atoms with E-state index in [0.717, 1.165) is 36.0 Å². The first-order valence-corrected chi connectivity index (χ1v) is 6.27. The Morgan fingerprint density at radius 2 is 2.43 bits per heavy atom. The largest absolute Gasteiger partial charge is 0.348 e. The molecule has 0 aliphatic heterocycles. The highest BCUT2D eigenvalue weighted by Gasteiger charge is 2.00. The van der Waals surface area contributed by atoms with Crippen molar-refractivity contribution >= 4 is 10.8 Å². The third-order valence-electron chi connectivity index (χ3n) is 2.06. The van der Waals surface area contributed by atoms with Crippen molar-refractivity contribution in [1.29, 1.82) is 0 Å². The Morgan fingerprint density at radius 3 is 3.00 bits per heavy atom. The van der Waals surface area contributed by atoms with E-state index < -0.39 is 10.8 Å². The fourth-order valence-electron chi connectivity index (χ4n) is 1.10. The zero-order valence-electron chi connectivity index (χ0n) is 8.67. The van der Waals surface area contributed by atoms with Gasteiger partial charge in [-0.15, -0.1) is 0 Å². The lowest BCUT2D eigenvalue weighted by molar-refractivity contribution is 0.671. The van der Waals surface area contributed by atoms with Crippen molar-refractivity contribution in [2.45, 2.75) is 20.4 Å². The first-order chi connectivity index (χ1) is 6.74. The Bertz CT molecular complexity index is 298. The van der Waals surface area contributed by atoms with E-state index in [9.17, 15) is 4.21 Å². The fraction of sp³-hybridized carbons (Fsp3) is 0.667. The standard InChI is InChI=1S/C9H17N3OS/c1-3-14(13)5-4-10-6-9-8(2)11-7-12-9/h7,10H,3-6H2,1-2H3,(H,11,12). The van der Waals surface area contributed by atoms with E-state index in [-0.39, 0.29) is 0 Å². The van der Waals surface area contributed by atoms with Gasteiger partial charge in [0.25, 0.3) is 0 Å². The van der Waals surface area contributed by atoms with E-state index in [1.54, 1.807) is 6.33 Å². The molecule has 0 saturated heterocycles. The molecule has 4 nitrogen and oxygen atoms in total. The molecule has 0 radical (unpaired) electrons. The SMILES string of the molecule is CCS(=O)CCNCc1nc[nH]c1C. The van der Waals surface area contributed by atoms with E-state index in [4.69, 9.17) is 0 Å². The molecule has 0 aromatic carbocycles. The Balaban J connectivity index is 2.16. The van der Waals surface area contributed by atoms with Crippen LogP contribution >= 0.6 is 0 Å². The van der Waals surface area contributed by atoms with Crippen molar-refractivity contribution in [3.63, 3.8) is 0 Å². The summed E-state index contributed by atoms with van der Waals surface area (Å²) in [7, 11) is -0.671. The molecule has 5 heteroatoms. The van der Waals surface area contributed by atoms with Gasteiger partial charge in [0.15, 0.2) is 0 Å². The summed E-state index contributed by atoms with van der Waals surface area (Å²) in [4.78, 5) is 7.18. The third kappa shape index (κ3) is 3.59. The molecular formula is C9H17N3OS. The summed E-state index contributed by atoms with van der Waals surface area (Å²) in [5.41, 5.74) is 2.13. The molecule has 1 unspecified atom stereocenters. The van der Waals surface area contributed by atoms with Crippen LogP contribution in [0, 0.1) is 6.92 Å². The number of rotatable bonds is 6. The van der Waals surface area contributed by atoms with Crippen molar-refractivity contribution in [2.75, 3.05) is 18.1 Å². The molecule has 1 atom stereocenters. The van der Waals surface area contributed by atoms with Crippen molar-refractivity contribution in [3.8, 4) is 0 Å². The molecule has 2 N–H and O–H groups in total. The van der Waals surface area contributed by atoms with Crippen LogP contribution in [-0.2, 0) is 17.3 Å². The summed E-state index contributed by atoms with van der Waals surface area (Å²) < 4.78 is 11.1. The molecule has 0 aliphatic rings. The molecule has 1 aromatic heterocycles. The van der Waals surface area contributed by atoms with Gasteiger partial charge in [-0.3, -0.25) is 4.21 Å². The molecule has 0 saturated carbocycles. The molecule has 0 fully saturated rings. The van der Waals surface area contributed by atoms with Gasteiger partial charge in [0.2, 0.25) is 0 Å². The summed E-state index contributed by atoms with van der Waals surface area (Å²) in [5.74, 6) is 1.46. The number of aryl methyl sites for hydroxylation is 1. The van der Waals surface area contributed by atoms with Gasteiger partial charge in [-0.1, -0.05) is 6.92 Å². The van der Waals surface area contributed by atoms with Gasteiger partial charge in [-0.25, -0.2) is 4.98 Å². The zero-order chi connectivity index (χ0) is 10.4. The van der Waals surface area contributed by atoms with Gasteiger partial charge >= 0.3 is 0 Å². The van der Waals surface area contributed by atoms with Crippen LogP contribution < -0.4 is 5.32 Å². The average molecular weight is 215 g/mol. The molecule has 1 heterocycles. The smallest absolute Gasteiger partial charge is 0.0925 e. The average Bonchev–Trinajstić information content (AvgIpc) is 2.58. The number of hydrogen-bond donors (Lipinski definition) is 2. The van der Waals surface area contributed by atoms with E-state index in [1.807, 2.05) is 13.8 Å². The van der Waals surface area contributed by atoms with Gasteiger partial charge in [0.05, 0.1) is 12.0 Å². The van der Waals surface area contributed by atoms with Crippen molar-refractivity contribution in [3.05, 3.63) is 17.7 Å².